The standard InChI is InChI=1S/C16H12BrNO/c17-15-9-8-14(12-18)16(11-15)19-10-4-7-13-5-2-1-3-6-13/h1-9,11H,10H2/b7-4+. The Balaban J connectivity index is 1.98. The monoisotopic (exact) mass is 313 g/mol. The Morgan fingerprint density at radius 3 is 2.68 bits per heavy atom. The lowest BCUT2D eigenvalue weighted by Crippen LogP contribution is -1.95. The molecule has 3 heteroatoms. The molecule has 0 saturated heterocycles. The summed E-state index contributed by atoms with van der Waals surface area (Å²) in [5.74, 6) is 0.592. The lowest BCUT2D eigenvalue weighted by molar-refractivity contribution is 0.362. The Morgan fingerprint density at radius 2 is 1.95 bits per heavy atom. The Kier molecular flexibility index (Phi) is 4.77. The highest BCUT2D eigenvalue weighted by Crippen LogP contribution is 2.23. The van der Waals surface area contributed by atoms with Crippen molar-refractivity contribution in [3.05, 3.63) is 70.2 Å². The van der Waals surface area contributed by atoms with Gasteiger partial charge < -0.3 is 4.74 Å². The molecule has 0 atom stereocenters. The van der Waals surface area contributed by atoms with E-state index >= 15 is 0 Å². The highest BCUT2D eigenvalue weighted by Gasteiger charge is 2.02. The quantitative estimate of drug-likeness (QED) is 0.837. The largest absolute Gasteiger partial charge is 0.488 e. The molecule has 0 amide bonds. The number of hydrogen-bond acceptors (Lipinski definition) is 2. The van der Waals surface area contributed by atoms with Crippen LogP contribution in [0.5, 0.6) is 5.75 Å². The summed E-state index contributed by atoms with van der Waals surface area (Å²) in [4.78, 5) is 0. The molecule has 0 radical (unpaired) electrons. The summed E-state index contributed by atoms with van der Waals surface area (Å²) in [5.41, 5.74) is 1.66. The van der Waals surface area contributed by atoms with Crippen molar-refractivity contribution in [3.63, 3.8) is 0 Å². The molecule has 0 heterocycles. The molecule has 0 bridgehead atoms. The number of nitriles is 1. The van der Waals surface area contributed by atoms with Gasteiger partial charge in [-0.1, -0.05) is 52.3 Å². The third kappa shape index (κ3) is 3.97. The summed E-state index contributed by atoms with van der Waals surface area (Å²) in [7, 11) is 0. The zero-order chi connectivity index (χ0) is 13.5. The van der Waals surface area contributed by atoms with E-state index in [2.05, 4.69) is 22.0 Å². The zero-order valence-electron chi connectivity index (χ0n) is 10.2. The van der Waals surface area contributed by atoms with E-state index in [4.69, 9.17) is 10.00 Å². The van der Waals surface area contributed by atoms with Crippen LogP contribution in [0.4, 0.5) is 0 Å². The minimum Gasteiger partial charge on any atom is -0.488 e. The number of nitrogens with zero attached hydrogens (tertiary/aromatic N) is 1. The molecule has 19 heavy (non-hydrogen) atoms. The molecule has 0 N–H and O–H groups in total. The van der Waals surface area contributed by atoms with Gasteiger partial charge in [0, 0.05) is 4.47 Å². The summed E-state index contributed by atoms with van der Waals surface area (Å²) >= 11 is 3.36. The van der Waals surface area contributed by atoms with Gasteiger partial charge in [0.2, 0.25) is 0 Å². The van der Waals surface area contributed by atoms with Gasteiger partial charge >= 0.3 is 0 Å². The first-order valence-electron chi connectivity index (χ1n) is 5.83. The van der Waals surface area contributed by atoms with Crippen LogP contribution in [-0.4, -0.2) is 6.61 Å². The van der Waals surface area contributed by atoms with Gasteiger partial charge in [-0.05, 0) is 29.8 Å². The molecule has 94 valence electrons. The average Bonchev–Trinajstić information content (AvgIpc) is 2.45. The maximum absolute atomic E-state index is 8.98. The second kappa shape index (κ2) is 6.77. The molecule has 2 nitrogen and oxygen atoms in total. The van der Waals surface area contributed by atoms with Crippen LogP contribution in [0.25, 0.3) is 6.08 Å². The van der Waals surface area contributed by atoms with Gasteiger partial charge in [0.05, 0.1) is 5.56 Å². The van der Waals surface area contributed by atoms with Crippen molar-refractivity contribution in [2.75, 3.05) is 6.61 Å². The zero-order valence-corrected chi connectivity index (χ0v) is 11.8. The summed E-state index contributed by atoms with van der Waals surface area (Å²) in [5, 5.41) is 8.98. The molecule has 0 aliphatic heterocycles. The van der Waals surface area contributed by atoms with Crippen molar-refractivity contribution in [2.24, 2.45) is 0 Å². The maximum atomic E-state index is 8.98. The van der Waals surface area contributed by atoms with E-state index in [1.54, 1.807) is 12.1 Å². The van der Waals surface area contributed by atoms with E-state index in [1.807, 2.05) is 48.6 Å². The van der Waals surface area contributed by atoms with E-state index in [-0.39, 0.29) is 0 Å². The van der Waals surface area contributed by atoms with Crippen molar-refractivity contribution < 1.29 is 4.74 Å². The van der Waals surface area contributed by atoms with E-state index in [0.29, 0.717) is 17.9 Å². The number of benzene rings is 2. The highest BCUT2D eigenvalue weighted by molar-refractivity contribution is 9.10. The van der Waals surface area contributed by atoms with E-state index in [0.717, 1.165) is 10.0 Å². The minimum absolute atomic E-state index is 0.431. The summed E-state index contributed by atoms with van der Waals surface area (Å²) < 4.78 is 6.49. The van der Waals surface area contributed by atoms with Crippen LogP contribution in [0.2, 0.25) is 0 Å². The maximum Gasteiger partial charge on any atom is 0.138 e. The molecular weight excluding hydrogens is 302 g/mol. The normalized spacial score (nSPS) is 10.3. The van der Waals surface area contributed by atoms with Gasteiger partial charge in [0.1, 0.15) is 18.4 Å². The van der Waals surface area contributed by atoms with Gasteiger partial charge in [-0.25, -0.2) is 0 Å². The first-order valence-corrected chi connectivity index (χ1v) is 6.63. The SMILES string of the molecule is N#Cc1ccc(Br)cc1OC/C=C/c1ccccc1. The Morgan fingerprint density at radius 1 is 1.16 bits per heavy atom. The molecule has 2 aromatic carbocycles. The van der Waals surface area contributed by atoms with Crippen LogP contribution in [-0.2, 0) is 0 Å². The third-order valence-corrected chi connectivity index (χ3v) is 3.00. The molecule has 0 aliphatic rings. The molecule has 0 saturated carbocycles. The van der Waals surface area contributed by atoms with Crippen LogP contribution >= 0.6 is 15.9 Å². The molecule has 0 aromatic heterocycles. The van der Waals surface area contributed by atoms with Crippen LogP contribution in [0.1, 0.15) is 11.1 Å². The fraction of sp³-hybridized carbons (Fsp3) is 0.0625. The summed E-state index contributed by atoms with van der Waals surface area (Å²) in [6.45, 7) is 0.431. The van der Waals surface area contributed by atoms with Crippen LogP contribution < -0.4 is 4.74 Å². The van der Waals surface area contributed by atoms with E-state index in [1.165, 1.54) is 0 Å². The lowest BCUT2D eigenvalue weighted by atomic mass is 10.2. The topological polar surface area (TPSA) is 33.0 Å². The minimum atomic E-state index is 0.431. The molecule has 0 spiro atoms. The predicted molar refractivity (Wildman–Crippen MR) is 79.8 cm³/mol. The Bertz CT molecular complexity index is 614. The predicted octanol–water partition coefficient (Wildman–Crippen LogP) is 4.41. The number of ether oxygens (including phenoxy) is 1. The van der Waals surface area contributed by atoms with Crippen molar-refractivity contribution >= 4 is 22.0 Å². The smallest absolute Gasteiger partial charge is 0.138 e. The van der Waals surface area contributed by atoms with E-state index in [9.17, 15) is 0 Å². The van der Waals surface area contributed by atoms with Crippen molar-refractivity contribution in [3.8, 4) is 11.8 Å². The van der Waals surface area contributed by atoms with Gasteiger partial charge in [-0.2, -0.15) is 5.26 Å². The van der Waals surface area contributed by atoms with Crippen molar-refractivity contribution in [1.82, 2.24) is 0 Å². The van der Waals surface area contributed by atoms with Crippen LogP contribution in [0.15, 0.2) is 59.1 Å². The second-order valence-corrected chi connectivity index (χ2v) is 4.79. The van der Waals surface area contributed by atoms with E-state index < -0.39 is 0 Å². The van der Waals surface area contributed by atoms with Crippen molar-refractivity contribution in [2.45, 2.75) is 0 Å². The van der Waals surface area contributed by atoms with Gasteiger partial charge in [-0.3, -0.25) is 0 Å². The molecule has 0 unspecified atom stereocenters. The first kappa shape index (κ1) is 13.4. The first-order chi connectivity index (χ1) is 9.29. The highest BCUT2D eigenvalue weighted by atomic mass is 79.9. The summed E-state index contributed by atoms with van der Waals surface area (Å²) in [6.07, 6.45) is 3.92. The fourth-order valence-electron chi connectivity index (χ4n) is 1.59. The Labute approximate surface area is 121 Å². The second-order valence-electron chi connectivity index (χ2n) is 3.88. The number of rotatable bonds is 4. The van der Waals surface area contributed by atoms with Gasteiger partial charge in [-0.15, -0.1) is 0 Å². The van der Waals surface area contributed by atoms with Crippen LogP contribution in [0.3, 0.4) is 0 Å². The molecule has 2 rings (SSSR count). The number of hydrogen-bond donors (Lipinski definition) is 0. The Hall–Kier alpha value is -2.05. The van der Waals surface area contributed by atoms with Crippen molar-refractivity contribution in [1.29, 1.82) is 5.26 Å². The molecular formula is C16H12BrNO. The molecule has 2 aromatic rings. The van der Waals surface area contributed by atoms with Gasteiger partial charge in [0.15, 0.2) is 0 Å². The molecule has 0 fully saturated rings. The van der Waals surface area contributed by atoms with Crippen LogP contribution in [0, 0.1) is 11.3 Å². The van der Waals surface area contributed by atoms with Gasteiger partial charge in [0.25, 0.3) is 0 Å². The lowest BCUT2D eigenvalue weighted by Gasteiger charge is -2.05. The summed E-state index contributed by atoms with van der Waals surface area (Å²) in [6, 6.07) is 17.5. The average molecular weight is 314 g/mol. The number of halogens is 1. The molecule has 0 aliphatic carbocycles. The fourth-order valence-corrected chi connectivity index (χ4v) is 1.93. The third-order valence-electron chi connectivity index (χ3n) is 2.51.